The van der Waals surface area contributed by atoms with Gasteiger partial charge in [0.2, 0.25) is 0 Å². The Bertz CT molecular complexity index is 669. The van der Waals surface area contributed by atoms with Crippen LogP contribution in [0.3, 0.4) is 0 Å². The molecule has 1 aliphatic heterocycles. The first-order valence-electron chi connectivity index (χ1n) is 6.98. The van der Waals surface area contributed by atoms with Gasteiger partial charge >= 0.3 is 0 Å². The minimum Gasteiger partial charge on any atom is -0.349 e. The van der Waals surface area contributed by atoms with Crippen molar-refractivity contribution >= 4 is 16.8 Å². The van der Waals surface area contributed by atoms with Gasteiger partial charge in [-0.3, -0.25) is 9.78 Å². The average Bonchev–Trinajstić information content (AvgIpc) is 2.83. The number of carbonyl (C=O) groups is 1. The lowest BCUT2D eigenvalue weighted by molar-refractivity contribution is -0.137. The van der Waals surface area contributed by atoms with Crippen LogP contribution in [0.1, 0.15) is 24.2 Å². The molecular weight excluding hydrogens is 268 g/mol. The van der Waals surface area contributed by atoms with Gasteiger partial charge in [0, 0.05) is 23.7 Å². The Hall–Kier alpha value is -1.98. The Kier molecular flexibility index (Phi) is 3.61. The first-order chi connectivity index (χ1) is 10.0. The van der Waals surface area contributed by atoms with Gasteiger partial charge in [0.25, 0.3) is 5.91 Å². The largest absolute Gasteiger partial charge is 0.349 e. The van der Waals surface area contributed by atoms with E-state index in [2.05, 4.69) is 10.3 Å². The maximum Gasteiger partial charge on any atom is 0.251 e. The van der Waals surface area contributed by atoms with Crippen LogP contribution in [0.15, 0.2) is 36.5 Å². The lowest BCUT2D eigenvalue weighted by atomic mass is 10.1. The maximum absolute atomic E-state index is 12.2. The molecular formula is C16H18N2O3. The molecule has 21 heavy (non-hydrogen) atoms. The van der Waals surface area contributed by atoms with Gasteiger partial charge in [-0.15, -0.1) is 0 Å². The van der Waals surface area contributed by atoms with E-state index in [-0.39, 0.29) is 12.0 Å². The number of aromatic nitrogens is 1. The quantitative estimate of drug-likeness (QED) is 0.939. The van der Waals surface area contributed by atoms with E-state index in [9.17, 15) is 4.79 Å². The van der Waals surface area contributed by atoms with Gasteiger partial charge in [0.1, 0.15) is 6.10 Å². The van der Waals surface area contributed by atoms with Crippen molar-refractivity contribution in [2.75, 3.05) is 13.2 Å². The first kappa shape index (κ1) is 14.0. The summed E-state index contributed by atoms with van der Waals surface area (Å²) in [5.41, 5.74) is 1.50. The van der Waals surface area contributed by atoms with E-state index < -0.39 is 5.79 Å². The van der Waals surface area contributed by atoms with E-state index in [4.69, 9.17) is 9.47 Å². The number of rotatable bonds is 3. The zero-order valence-electron chi connectivity index (χ0n) is 12.1. The molecule has 1 aromatic carbocycles. The third kappa shape index (κ3) is 3.20. The van der Waals surface area contributed by atoms with Gasteiger partial charge in [-0.05, 0) is 38.1 Å². The lowest BCUT2D eigenvalue weighted by Gasteiger charge is -2.17. The van der Waals surface area contributed by atoms with E-state index in [1.165, 1.54) is 0 Å². The summed E-state index contributed by atoms with van der Waals surface area (Å²) < 4.78 is 11.1. The zero-order chi connectivity index (χ0) is 14.9. The van der Waals surface area contributed by atoms with Gasteiger partial charge in [-0.2, -0.15) is 0 Å². The van der Waals surface area contributed by atoms with Crippen molar-refractivity contribution in [3.63, 3.8) is 0 Å². The molecule has 2 aromatic rings. The Balaban J connectivity index is 1.64. The van der Waals surface area contributed by atoms with Gasteiger partial charge in [-0.1, -0.05) is 6.07 Å². The van der Waals surface area contributed by atoms with Gasteiger partial charge in [0.15, 0.2) is 5.79 Å². The standard InChI is InChI=1S/C16H18N2O3/c1-16(2)20-10-13(21-16)9-18-15(19)12-5-6-14-11(8-12)4-3-7-17-14/h3-8,13H,9-10H2,1-2H3,(H,18,19). The van der Waals surface area contributed by atoms with E-state index in [0.717, 1.165) is 10.9 Å². The number of amides is 1. The molecule has 110 valence electrons. The molecule has 1 fully saturated rings. The van der Waals surface area contributed by atoms with Crippen LogP contribution in [0.2, 0.25) is 0 Å². The van der Waals surface area contributed by atoms with E-state index in [1.807, 2.05) is 38.1 Å². The molecule has 1 unspecified atom stereocenters. The number of hydrogen-bond donors (Lipinski definition) is 1. The molecule has 5 nitrogen and oxygen atoms in total. The van der Waals surface area contributed by atoms with Crippen LogP contribution < -0.4 is 5.32 Å². The topological polar surface area (TPSA) is 60.5 Å². The smallest absolute Gasteiger partial charge is 0.251 e. The van der Waals surface area contributed by atoms with Crippen LogP contribution in [0.25, 0.3) is 10.9 Å². The molecule has 2 heterocycles. The molecule has 1 saturated heterocycles. The second-order valence-electron chi connectivity index (χ2n) is 5.57. The molecule has 1 aliphatic rings. The van der Waals surface area contributed by atoms with Crippen molar-refractivity contribution in [3.8, 4) is 0 Å². The molecule has 1 N–H and O–H groups in total. The third-order valence-corrected chi connectivity index (χ3v) is 3.42. The van der Waals surface area contributed by atoms with Gasteiger partial charge in [-0.25, -0.2) is 0 Å². The number of nitrogens with zero attached hydrogens (tertiary/aromatic N) is 1. The molecule has 1 aromatic heterocycles. The molecule has 0 aliphatic carbocycles. The van der Waals surface area contributed by atoms with Crippen molar-refractivity contribution in [1.29, 1.82) is 0 Å². The highest BCUT2D eigenvalue weighted by atomic mass is 16.7. The van der Waals surface area contributed by atoms with Crippen molar-refractivity contribution in [2.45, 2.75) is 25.7 Å². The van der Waals surface area contributed by atoms with E-state index in [1.54, 1.807) is 12.3 Å². The van der Waals surface area contributed by atoms with Gasteiger partial charge in [0.05, 0.1) is 12.1 Å². The molecule has 5 heteroatoms. The van der Waals surface area contributed by atoms with E-state index >= 15 is 0 Å². The predicted octanol–water partition coefficient (Wildman–Crippen LogP) is 2.12. The molecule has 3 rings (SSSR count). The number of nitrogens with one attached hydrogen (secondary N) is 1. The third-order valence-electron chi connectivity index (χ3n) is 3.42. The minimum atomic E-state index is -0.565. The van der Waals surface area contributed by atoms with Crippen molar-refractivity contribution in [2.24, 2.45) is 0 Å². The minimum absolute atomic E-state index is 0.105. The summed E-state index contributed by atoms with van der Waals surface area (Å²) in [6.45, 7) is 4.67. The summed E-state index contributed by atoms with van der Waals surface area (Å²) in [7, 11) is 0. The molecule has 0 saturated carbocycles. The number of benzene rings is 1. The highest BCUT2D eigenvalue weighted by Gasteiger charge is 2.32. The summed E-state index contributed by atoms with van der Waals surface area (Å²) in [6, 6.07) is 9.27. The van der Waals surface area contributed by atoms with Crippen LogP contribution in [-0.2, 0) is 9.47 Å². The normalized spacial score (nSPS) is 20.6. The summed E-state index contributed by atoms with van der Waals surface area (Å²) >= 11 is 0. The van der Waals surface area contributed by atoms with Crippen LogP contribution in [0, 0.1) is 0 Å². The van der Waals surface area contributed by atoms with Crippen molar-refractivity contribution in [1.82, 2.24) is 10.3 Å². The molecule has 1 atom stereocenters. The number of fused-ring (bicyclic) bond motifs is 1. The van der Waals surface area contributed by atoms with Crippen molar-refractivity contribution in [3.05, 3.63) is 42.1 Å². The van der Waals surface area contributed by atoms with Crippen LogP contribution >= 0.6 is 0 Å². The number of ether oxygens (including phenoxy) is 2. The fraction of sp³-hybridized carbons (Fsp3) is 0.375. The predicted molar refractivity (Wildman–Crippen MR) is 79.0 cm³/mol. The van der Waals surface area contributed by atoms with Gasteiger partial charge < -0.3 is 14.8 Å². The highest BCUT2D eigenvalue weighted by molar-refractivity contribution is 5.97. The van der Waals surface area contributed by atoms with Crippen molar-refractivity contribution < 1.29 is 14.3 Å². The fourth-order valence-corrected chi connectivity index (χ4v) is 2.39. The summed E-state index contributed by atoms with van der Waals surface area (Å²) in [5.74, 6) is -0.682. The Labute approximate surface area is 123 Å². The number of pyridine rings is 1. The highest BCUT2D eigenvalue weighted by Crippen LogP contribution is 2.21. The second-order valence-corrected chi connectivity index (χ2v) is 5.57. The van der Waals surface area contributed by atoms with Crippen LogP contribution in [0.4, 0.5) is 0 Å². The fourth-order valence-electron chi connectivity index (χ4n) is 2.39. The molecule has 0 bridgehead atoms. The van der Waals surface area contributed by atoms with Crippen LogP contribution in [-0.4, -0.2) is 35.9 Å². The summed E-state index contributed by atoms with van der Waals surface area (Å²) in [6.07, 6.45) is 1.63. The molecule has 0 spiro atoms. The zero-order valence-corrected chi connectivity index (χ0v) is 12.1. The Morgan fingerprint density at radius 3 is 3.05 bits per heavy atom. The summed E-state index contributed by atoms with van der Waals surface area (Å²) in [5, 5.41) is 3.83. The SMILES string of the molecule is CC1(C)OCC(CNC(=O)c2ccc3ncccc3c2)O1. The maximum atomic E-state index is 12.2. The number of carbonyl (C=O) groups excluding carboxylic acids is 1. The van der Waals surface area contributed by atoms with Crippen LogP contribution in [0.5, 0.6) is 0 Å². The second kappa shape index (κ2) is 5.42. The monoisotopic (exact) mass is 286 g/mol. The summed E-state index contributed by atoms with van der Waals surface area (Å²) in [4.78, 5) is 16.4. The molecule has 1 amide bonds. The van der Waals surface area contributed by atoms with E-state index in [0.29, 0.717) is 18.7 Å². The molecule has 0 radical (unpaired) electrons. The number of hydrogen-bond acceptors (Lipinski definition) is 4. The Morgan fingerprint density at radius 1 is 1.43 bits per heavy atom. The Morgan fingerprint density at radius 2 is 2.29 bits per heavy atom. The first-order valence-corrected chi connectivity index (χ1v) is 6.98. The average molecular weight is 286 g/mol. The lowest BCUT2D eigenvalue weighted by Crippen LogP contribution is -2.34.